The Balaban J connectivity index is 2.23. The summed E-state index contributed by atoms with van der Waals surface area (Å²) in [7, 11) is 0. The molecule has 4 nitrogen and oxygen atoms in total. The van der Waals surface area contributed by atoms with Crippen LogP contribution in [0.15, 0.2) is 0 Å². The number of hydrogen-bond donors (Lipinski definition) is 1. The third-order valence-corrected chi connectivity index (χ3v) is 2.72. The van der Waals surface area contributed by atoms with Crippen LogP contribution in [-0.2, 0) is 13.1 Å². The fraction of sp³-hybridized carbons (Fsp3) is 0.800. The Hall–Kier alpha value is -0.900. The number of aromatic nitrogens is 3. The highest BCUT2D eigenvalue weighted by Crippen LogP contribution is 2.31. The van der Waals surface area contributed by atoms with Gasteiger partial charge in [0.1, 0.15) is 0 Å². The van der Waals surface area contributed by atoms with E-state index in [0.717, 1.165) is 18.2 Å². The van der Waals surface area contributed by atoms with E-state index in [1.807, 2.05) is 4.68 Å². The largest absolute Gasteiger partial charge is 0.325 e. The lowest BCUT2D eigenvalue weighted by molar-refractivity contribution is 0.513. The predicted octanol–water partition coefficient (Wildman–Crippen LogP) is 1.27. The van der Waals surface area contributed by atoms with Crippen LogP contribution in [-0.4, -0.2) is 15.0 Å². The first kappa shape index (κ1) is 9.65. The zero-order valence-corrected chi connectivity index (χ0v) is 8.90. The van der Waals surface area contributed by atoms with Crippen molar-refractivity contribution in [1.29, 1.82) is 0 Å². The molecule has 0 atom stereocenters. The second-order valence-corrected chi connectivity index (χ2v) is 4.41. The minimum absolute atomic E-state index is 0.460. The molecule has 2 rings (SSSR count). The first-order valence-electron chi connectivity index (χ1n) is 5.34. The highest BCUT2D eigenvalue weighted by Gasteiger charge is 2.25. The normalized spacial score (nSPS) is 16.6. The lowest BCUT2D eigenvalue weighted by Gasteiger charge is -2.09. The van der Waals surface area contributed by atoms with Gasteiger partial charge in [-0.3, -0.25) is 0 Å². The van der Waals surface area contributed by atoms with Gasteiger partial charge in [0, 0.05) is 13.1 Å². The van der Waals surface area contributed by atoms with Crippen LogP contribution >= 0.6 is 0 Å². The summed E-state index contributed by atoms with van der Waals surface area (Å²) < 4.78 is 2.05. The Morgan fingerprint density at radius 2 is 2.21 bits per heavy atom. The van der Waals surface area contributed by atoms with E-state index in [1.165, 1.54) is 18.5 Å². The first-order chi connectivity index (χ1) is 6.72. The van der Waals surface area contributed by atoms with E-state index in [0.29, 0.717) is 12.5 Å². The van der Waals surface area contributed by atoms with E-state index in [4.69, 9.17) is 5.73 Å². The number of hydrogen-bond acceptors (Lipinski definition) is 3. The molecule has 0 unspecified atom stereocenters. The zero-order valence-electron chi connectivity index (χ0n) is 8.90. The second-order valence-electron chi connectivity index (χ2n) is 4.41. The molecule has 2 N–H and O–H groups in total. The maximum Gasteiger partial charge on any atom is 0.0997 e. The molecule has 78 valence electrons. The van der Waals surface area contributed by atoms with Gasteiger partial charge in [-0.1, -0.05) is 19.1 Å². The molecule has 0 spiro atoms. The van der Waals surface area contributed by atoms with Gasteiger partial charge in [-0.2, -0.15) is 0 Å². The van der Waals surface area contributed by atoms with E-state index < -0.39 is 0 Å². The van der Waals surface area contributed by atoms with Crippen LogP contribution in [0.3, 0.4) is 0 Å². The molecular formula is C10H18N4. The molecule has 0 bridgehead atoms. The number of rotatable bonds is 4. The van der Waals surface area contributed by atoms with Crippen LogP contribution in [0, 0.1) is 5.92 Å². The summed E-state index contributed by atoms with van der Waals surface area (Å²) in [6, 6.07) is 0. The topological polar surface area (TPSA) is 56.7 Å². The summed E-state index contributed by atoms with van der Waals surface area (Å²) >= 11 is 0. The van der Waals surface area contributed by atoms with Gasteiger partial charge < -0.3 is 5.73 Å². The molecule has 1 aliphatic rings. The Morgan fingerprint density at radius 3 is 2.71 bits per heavy atom. The summed E-state index contributed by atoms with van der Waals surface area (Å²) in [6.45, 7) is 5.86. The van der Waals surface area contributed by atoms with Crippen molar-refractivity contribution in [1.82, 2.24) is 15.0 Å². The van der Waals surface area contributed by atoms with Crippen LogP contribution in [0.25, 0.3) is 0 Å². The standard InChI is InChI=1S/C10H18N4/c1-7(2)10-9(5-11)12-13-14(10)6-8-3-4-8/h7-8H,3-6,11H2,1-2H3. The van der Waals surface area contributed by atoms with Crippen molar-refractivity contribution >= 4 is 0 Å². The van der Waals surface area contributed by atoms with E-state index >= 15 is 0 Å². The molecule has 1 heterocycles. The Morgan fingerprint density at radius 1 is 1.50 bits per heavy atom. The molecule has 0 radical (unpaired) electrons. The van der Waals surface area contributed by atoms with Crippen LogP contribution in [0.5, 0.6) is 0 Å². The van der Waals surface area contributed by atoms with Crippen molar-refractivity contribution in [3.05, 3.63) is 11.4 Å². The Labute approximate surface area is 84.5 Å². The second kappa shape index (κ2) is 3.69. The van der Waals surface area contributed by atoms with Crippen LogP contribution in [0.1, 0.15) is 44.0 Å². The molecule has 1 fully saturated rings. The molecule has 1 aliphatic carbocycles. The third kappa shape index (κ3) is 1.80. The molecule has 1 saturated carbocycles. The molecular weight excluding hydrogens is 176 g/mol. The first-order valence-corrected chi connectivity index (χ1v) is 5.34. The van der Waals surface area contributed by atoms with Gasteiger partial charge in [-0.25, -0.2) is 4.68 Å². The van der Waals surface area contributed by atoms with Gasteiger partial charge in [0.05, 0.1) is 11.4 Å². The average molecular weight is 194 g/mol. The Bertz CT molecular complexity index is 312. The SMILES string of the molecule is CC(C)c1c(CN)nnn1CC1CC1. The third-order valence-electron chi connectivity index (χ3n) is 2.72. The van der Waals surface area contributed by atoms with Crippen LogP contribution in [0.4, 0.5) is 0 Å². The van der Waals surface area contributed by atoms with Crippen molar-refractivity contribution in [3.63, 3.8) is 0 Å². The molecule has 0 aliphatic heterocycles. The lowest BCUT2D eigenvalue weighted by Crippen LogP contribution is -2.10. The monoisotopic (exact) mass is 194 g/mol. The summed E-state index contributed by atoms with van der Waals surface area (Å²) in [5, 5.41) is 8.30. The zero-order chi connectivity index (χ0) is 10.1. The number of nitrogens with two attached hydrogens (primary N) is 1. The van der Waals surface area contributed by atoms with Crippen molar-refractivity contribution < 1.29 is 0 Å². The van der Waals surface area contributed by atoms with Crippen molar-refractivity contribution in [2.24, 2.45) is 11.7 Å². The predicted molar refractivity (Wildman–Crippen MR) is 54.7 cm³/mol. The maximum atomic E-state index is 5.63. The van der Waals surface area contributed by atoms with Crippen molar-refractivity contribution in [2.75, 3.05) is 0 Å². The van der Waals surface area contributed by atoms with E-state index in [9.17, 15) is 0 Å². The molecule has 0 amide bonds. The van der Waals surface area contributed by atoms with Crippen LogP contribution < -0.4 is 5.73 Å². The summed E-state index contributed by atoms with van der Waals surface area (Å²) in [6.07, 6.45) is 2.69. The number of nitrogens with zero attached hydrogens (tertiary/aromatic N) is 3. The molecule has 4 heteroatoms. The summed E-state index contributed by atoms with van der Waals surface area (Å²) in [5.41, 5.74) is 7.81. The van der Waals surface area contributed by atoms with Gasteiger partial charge in [-0.15, -0.1) is 5.10 Å². The molecule has 0 saturated heterocycles. The quantitative estimate of drug-likeness (QED) is 0.785. The highest BCUT2D eigenvalue weighted by molar-refractivity contribution is 5.14. The van der Waals surface area contributed by atoms with Crippen molar-refractivity contribution in [3.8, 4) is 0 Å². The molecule has 1 aromatic rings. The van der Waals surface area contributed by atoms with Gasteiger partial charge in [0.25, 0.3) is 0 Å². The molecule has 0 aromatic carbocycles. The van der Waals surface area contributed by atoms with Gasteiger partial charge >= 0.3 is 0 Å². The van der Waals surface area contributed by atoms with Gasteiger partial charge in [0.15, 0.2) is 0 Å². The van der Waals surface area contributed by atoms with Gasteiger partial charge in [-0.05, 0) is 24.7 Å². The summed E-state index contributed by atoms with van der Waals surface area (Å²) in [4.78, 5) is 0. The Kier molecular flexibility index (Phi) is 2.54. The molecule has 1 aromatic heterocycles. The maximum absolute atomic E-state index is 5.63. The van der Waals surface area contributed by atoms with E-state index in [-0.39, 0.29) is 0 Å². The van der Waals surface area contributed by atoms with Crippen LogP contribution in [0.2, 0.25) is 0 Å². The fourth-order valence-corrected chi connectivity index (χ4v) is 1.81. The fourth-order valence-electron chi connectivity index (χ4n) is 1.81. The molecule has 14 heavy (non-hydrogen) atoms. The summed E-state index contributed by atoms with van der Waals surface area (Å²) in [5.74, 6) is 1.29. The average Bonchev–Trinajstić information content (AvgIpc) is 2.83. The highest BCUT2D eigenvalue weighted by atomic mass is 15.4. The smallest absolute Gasteiger partial charge is 0.0997 e. The van der Waals surface area contributed by atoms with E-state index in [1.54, 1.807) is 0 Å². The minimum atomic E-state index is 0.460. The lowest BCUT2D eigenvalue weighted by atomic mass is 10.1. The van der Waals surface area contributed by atoms with Crippen molar-refractivity contribution in [2.45, 2.75) is 45.7 Å². The van der Waals surface area contributed by atoms with Gasteiger partial charge in [0.2, 0.25) is 0 Å². The minimum Gasteiger partial charge on any atom is -0.325 e. The van der Waals surface area contributed by atoms with E-state index in [2.05, 4.69) is 24.2 Å².